The molecule has 0 N–H and O–H groups in total. The van der Waals surface area contributed by atoms with E-state index in [1.807, 2.05) is 13.0 Å². The molecule has 25 heavy (non-hydrogen) atoms. The standard InChI is InChI=1S/C19H20O5S/c1-15-7-9-17(10-8-15)25(21,22)24-14-19(11-12-19)13-23-18(20)16-5-3-2-4-6-16/h2-10H,11-14H2,1H3. The van der Waals surface area contributed by atoms with Crippen molar-refractivity contribution < 1.29 is 22.1 Å². The largest absolute Gasteiger partial charge is 0.461 e. The Hall–Kier alpha value is -2.18. The van der Waals surface area contributed by atoms with E-state index < -0.39 is 21.5 Å². The molecule has 1 aliphatic carbocycles. The maximum Gasteiger partial charge on any atom is 0.338 e. The highest BCUT2D eigenvalue weighted by Crippen LogP contribution is 2.46. The van der Waals surface area contributed by atoms with Gasteiger partial charge in [-0.05, 0) is 44.0 Å². The lowest BCUT2D eigenvalue weighted by atomic mass is 10.1. The Labute approximate surface area is 147 Å². The number of esters is 1. The number of rotatable bonds is 7. The van der Waals surface area contributed by atoms with Gasteiger partial charge in [0.15, 0.2) is 0 Å². The van der Waals surface area contributed by atoms with Gasteiger partial charge in [0.05, 0.1) is 23.7 Å². The first-order valence-corrected chi connectivity index (χ1v) is 9.49. The van der Waals surface area contributed by atoms with Crippen LogP contribution < -0.4 is 0 Å². The number of hydrogen-bond donors (Lipinski definition) is 0. The van der Waals surface area contributed by atoms with E-state index in [1.165, 1.54) is 12.1 Å². The molecule has 0 unspecified atom stereocenters. The zero-order chi connectivity index (χ0) is 17.9. The van der Waals surface area contributed by atoms with Crippen molar-refractivity contribution >= 4 is 16.1 Å². The molecule has 0 radical (unpaired) electrons. The van der Waals surface area contributed by atoms with Crippen LogP contribution in [0.1, 0.15) is 28.8 Å². The molecule has 0 spiro atoms. The van der Waals surface area contributed by atoms with Gasteiger partial charge in [-0.2, -0.15) is 8.42 Å². The summed E-state index contributed by atoms with van der Waals surface area (Å²) in [6.45, 7) is 2.06. The van der Waals surface area contributed by atoms with Crippen LogP contribution in [0.4, 0.5) is 0 Å². The minimum Gasteiger partial charge on any atom is -0.461 e. The molecule has 3 rings (SSSR count). The van der Waals surface area contributed by atoms with E-state index in [0.29, 0.717) is 5.56 Å². The van der Waals surface area contributed by atoms with Crippen LogP contribution in [0.3, 0.4) is 0 Å². The molecule has 0 saturated heterocycles. The van der Waals surface area contributed by atoms with Crippen molar-refractivity contribution in [3.63, 3.8) is 0 Å². The fourth-order valence-electron chi connectivity index (χ4n) is 2.36. The fraction of sp³-hybridized carbons (Fsp3) is 0.316. The Kier molecular flexibility index (Phi) is 4.92. The molecule has 5 nitrogen and oxygen atoms in total. The summed E-state index contributed by atoms with van der Waals surface area (Å²) in [4.78, 5) is 12.1. The predicted molar refractivity (Wildman–Crippen MR) is 92.7 cm³/mol. The number of aryl methyl sites for hydroxylation is 1. The third-order valence-corrected chi connectivity index (χ3v) is 5.58. The molecule has 6 heteroatoms. The van der Waals surface area contributed by atoms with Crippen molar-refractivity contribution in [3.05, 3.63) is 65.7 Å². The van der Waals surface area contributed by atoms with Crippen LogP contribution in [-0.2, 0) is 19.0 Å². The van der Waals surface area contributed by atoms with Gasteiger partial charge in [0.2, 0.25) is 0 Å². The Bertz CT molecular complexity index is 837. The molecule has 0 aliphatic heterocycles. The highest BCUT2D eigenvalue weighted by molar-refractivity contribution is 7.86. The molecule has 0 amide bonds. The van der Waals surface area contributed by atoms with E-state index in [2.05, 4.69) is 0 Å². The number of ether oxygens (including phenoxy) is 1. The fourth-order valence-corrected chi connectivity index (χ4v) is 3.37. The van der Waals surface area contributed by atoms with Gasteiger partial charge in [0, 0.05) is 5.41 Å². The maximum atomic E-state index is 12.2. The van der Waals surface area contributed by atoms with Gasteiger partial charge in [-0.25, -0.2) is 4.79 Å². The molecule has 0 aromatic heterocycles. The van der Waals surface area contributed by atoms with E-state index in [-0.39, 0.29) is 18.1 Å². The van der Waals surface area contributed by atoms with Crippen LogP contribution in [0, 0.1) is 12.3 Å². The van der Waals surface area contributed by atoms with E-state index in [9.17, 15) is 13.2 Å². The number of carbonyl (C=O) groups excluding carboxylic acids is 1. The van der Waals surface area contributed by atoms with E-state index in [4.69, 9.17) is 8.92 Å². The summed E-state index contributed by atoms with van der Waals surface area (Å²) < 4.78 is 35.0. The molecule has 132 valence electrons. The average Bonchev–Trinajstić information content (AvgIpc) is 3.40. The topological polar surface area (TPSA) is 69.7 Å². The van der Waals surface area contributed by atoms with Gasteiger partial charge >= 0.3 is 5.97 Å². The number of hydrogen-bond acceptors (Lipinski definition) is 5. The van der Waals surface area contributed by atoms with Gasteiger partial charge in [-0.15, -0.1) is 0 Å². The normalized spacial score (nSPS) is 15.6. The Balaban J connectivity index is 1.56. The molecule has 0 bridgehead atoms. The van der Waals surface area contributed by atoms with Crippen LogP contribution in [-0.4, -0.2) is 27.6 Å². The SMILES string of the molecule is Cc1ccc(S(=O)(=O)OCC2(COC(=O)c3ccccc3)CC2)cc1. The third-order valence-electron chi connectivity index (χ3n) is 4.31. The molecule has 0 atom stereocenters. The summed E-state index contributed by atoms with van der Waals surface area (Å²) in [6.07, 6.45) is 1.55. The predicted octanol–water partition coefficient (Wildman–Crippen LogP) is 3.34. The van der Waals surface area contributed by atoms with Gasteiger partial charge in [0.25, 0.3) is 10.1 Å². The summed E-state index contributed by atoms with van der Waals surface area (Å²) in [5, 5.41) is 0. The minimum absolute atomic E-state index is 0.0191. The second-order valence-corrected chi connectivity index (χ2v) is 8.09. The first-order chi connectivity index (χ1) is 11.9. The molecular formula is C19H20O5S. The van der Waals surface area contributed by atoms with Crippen LogP contribution in [0.2, 0.25) is 0 Å². The molecule has 1 fully saturated rings. The number of benzene rings is 2. The highest BCUT2D eigenvalue weighted by Gasteiger charge is 2.45. The Morgan fingerprint density at radius 1 is 1.00 bits per heavy atom. The number of carbonyl (C=O) groups is 1. The lowest BCUT2D eigenvalue weighted by Crippen LogP contribution is -2.22. The monoisotopic (exact) mass is 360 g/mol. The first-order valence-electron chi connectivity index (χ1n) is 8.09. The quantitative estimate of drug-likeness (QED) is 0.559. The second-order valence-electron chi connectivity index (χ2n) is 6.47. The van der Waals surface area contributed by atoms with Crippen molar-refractivity contribution in [1.29, 1.82) is 0 Å². The lowest BCUT2D eigenvalue weighted by Gasteiger charge is -2.15. The van der Waals surface area contributed by atoms with Crippen molar-refractivity contribution in [2.45, 2.75) is 24.7 Å². The van der Waals surface area contributed by atoms with Gasteiger partial charge in [-0.1, -0.05) is 35.9 Å². The molecule has 1 saturated carbocycles. The lowest BCUT2D eigenvalue weighted by molar-refractivity contribution is 0.0370. The van der Waals surface area contributed by atoms with Crippen LogP contribution in [0.15, 0.2) is 59.5 Å². The summed E-state index contributed by atoms with van der Waals surface area (Å²) in [6, 6.07) is 15.2. The average molecular weight is 360 g/mol. The van der Waals surface area contributed by atoms with E-state index >= 15 is 0 Å². The highest BCUT2D eigenvalue weighted by atomic mass is 32.2. The van der Waals surface area contributed by atoms with Crippen molar-refractivity contribution in [1.82, 2.24) is 0 Å². The van der Waals surface area contributed by atoms with Crippen LogP contribution in [0.5, 0.6) is 0 Å². The summed E-state index contributed by atoms with van der Waals surface area (Å²) in [5.74, 6) is -0.409. The van der Waals surface area contributed by atoms with Gasteiger partial charge in [-0.3, -0.25) is 4.18 Å². The van der Waals surface area contributed by atoms with E-state index in [0.717, 1.165) is 18.4 Å². The smallest absolute Gasteiger partial charge is 0.338 e. The first kappa shape index (κ1) is 17.6. The van der Waals surface area contributed by atoms with Crippen LogP contribution in [0.25, 0.3) is 0 Å². The van der Waals surface area contributed by atoms with Crippen LogP contribution >= 0.6 is 0 Å². The van der Waals surface area contributed by atoms with Gasteiger partial charge < -0.3 is 4.74 Å². The minimum atomic E-state index is -3.80. The summed E-state index contributed by atoms with van der Waals surface area (Å²) >= 11 is 0. The summed E-state index contributed by atoms with van der Waals surface area (Å²) in [7, 11) is -3.80. The second kappa shape index (κ2) is 6.98. The zero-order valence-electron chi connectivity index (χ0n) is 14.0. The maximum absolute atomic E-state index is 12.2. The van der Waals surface area contributed by atoms with E-state index in [1.54, 1.807) is 36.4 Å². The molecule has 1 aliphatic rings. The summed E-state index contributed by atoms with van der Waals surface area (Å²) in [5.41, 5.74) is 1.05. The molecular weight excluding hydrogens is 340 g/mol. The molecule has 0 heterocycles. The molecule has 2 aromatic rings. The van der Waals surface area contributed by atoms with Crippen molar-refractivity contribution in [2.24, 2.45) is 5.41 Å². The Morgan fingerprint density at radius 2 is 1.64 bits per heavy atom. The zero-order valence-corrected chi connectivity index (χ0v) is 14.8. The Morgan fingerprint density at radius 3 is 2.24 bits per heavy atom. The molecule has 2 aromatic carbocycles. The van der Waals surface area contributed by atoms with Gasteiger partial charge in [0.1, 0.15) is 0 Å². The third kappa shape index (κ3) is 4.46. The van der Waals surface area contributed by atoms with Crippen molar-refractivity contribution in [3.8, 4) is 0 Å². The van der Waals surface area contributed by atoms with Crippen molar-refractivity contribution in [2.75, 3.05) is 13.2 Å².